The van der Waals surface area contributed by atoms with Crippen LogP contribution in [0.2, 0.25) is 0 Å². The predicted molar refractivity (Wildman–Crippen MR) is 58.3 cm³/mol. The number of carbonyl (C=O) groups excluding carboxylic acids is 1. The largest absolute Gasteiger partial charge is 0.524 e. The van der Waals surface area contributed by atoms with Gasteiger partial charge in [0.05, 0.1) is 5.56 Å². The molecule has 0 aliphatic rings. The first-order chi connectivity index (χ1) is 7.31. The maximum Gasteiger partial charge on any atom is 0.524 e. The molecule has 2 N–H and O–H groups in total. The van der Waals surface area contributed by atoms with E-state index in [1.807, 2.05) is 0 Å². The Morgan fingerprint density at radius 1 is 1.38 bits per heavy atom. The lowest BCUT2D eigenvalue weighted by Crippen LogP contribution is -2.03. The highest BCUT2D eigenvalue weighted by Gasteiger charge is 2.20. The maximum absolute atomic E-state index is 11.6. The molecular weight excluding hydrogens is 231 g/mol. The number of phosphoric ester groups is 1. The van der Waals surface area contributed by atoms with Crippen LogP contribution in [0.25, 0.3) is 0 Å². The molecule has 0 spiro atoms. The van der Waals surface area contributed by atoms with E-state index in [2.05, 4.69) is 11.1 Å². The average Bonchev–Trinajstić information content (AvgIpc) is 2.15. The van der Waals surface area contributed by atoms with Gasteiger partial charge in [0.15, 0.2) is 5.78 Å². The summed E-state index contributed by atoms with van der Waals surface area (Å²) in [7, 11) is -4.67. The summed E-state index contributed by atoms with van der Waals surface area (Å²) in [6, 6.07) is 5.82. The molecular formula is C10H11O5P. The zero-order valence-corrected chi connectivity index (χ0v) is 9.48. The molecule has 86 valence electrons. The number of phosphoric acid groups is 1. The fraction of sp³-hybridized carbons (Fsp3) is 0.100. The Bertz CT molecular complexity index is 474. The standard InChI is InChI=1S/C10H11O5P/c1-7(2)10(11)8-5-3-4-6-9(8)15-16(12,13)14/h3-6H,1H2,2H3,(H2,12,13,14). The van der Waals surface area contributed by atoms with Crippen LogP contribution < -0.4 is 4.52 Å². The van der Waals surface area contributed by atoms with E-state index >= 15 is 0 Å². The number of para-hydroxylation sites is 1. The van der Waals surface area contributed by atoms with E-state index in [9.17, 15) is 9.36 Å². The Labute approximate surface area is 92.6 Å². The Morgan fingerprint density at radius 2 is 1.94 bits per heavy atom. The lowest BCUT2D eigenvalue weighted by Gasteiger charge is -2.10. The fourth-order valence-electron chi connectivity index (χ4n) is 1.09. The monoisotopic (exact) mass is 242 g/mol. The first-order valence-electron chi connectivity index (χ1n) is 4.35. The minimum absolute atomic E-state index is 0.0818. The van der Waals surface area contributed by atoms with E-state index in [0.717, 1.165) is 0 Å². The molecule has 0 aliphatic carbocycles. The van der Waals surface area contributed by atoms with Gasteiger partial charge in [-0.25, -0.2) is 4.57 Å². The van der Waals surface area contributed by atoms with Crippen molar-refractivity contribution in [3.8, 4) is 5.75 Å². The fourth-order valence-corrected chi connectivity index (χ4v) is 1.51. The highest BCUT2D eigenvalue weighted by atomic mass is 31.2. The second-order valence-electron chi connectivity index (χ2n) is 3.19. The Morgan fingerprint density at radius 3 is 2.44 bits per heavy atom. The zero-order valence-electron chi connectivity index (χ0n) is 8.58. The Balaban J connectivity index is 3.15. The molecule has 1 aromatic rings. The minimum Gasteiger partial charge on any atom is -0.403 e. The van der Waals surface area contributed by atoms with E-state index in [1.54, 1.807) is 6.07 Å². The number of hydrogen-bond donors (Lipinski definition) is 2. The number of hydrogen-bond acceptors (Lipinski definition) is 3. The summed E-state index contributed by atoms with van der Waals surface area (Å²) in [5.41, 5.74) is 0.347. The van der Waals surface area contributed by atoms with Crippen molar-refractivity contribution in [3.05, 3.63) is 42.0 Å². The third-order valence-corrected chi connectivity index (χ3v) is 2.17. The van der Waals surface area contributed by atoms with Gasteiger partial charge in [-0.15, -0.1) is 0 Å². The lowest BCUT2D eigenvalue weighted by atomic mass is 10.1. The van der Waals surface area contributed by atoms with Crippen molar-refractivity contribution in [1.29, 1.82) is 0 Å². The van der Waals surface area contributed by atoms with Gasteiger partial charge >= 0.3 is 7.82 Å². The lowest BCUT2D eigenvalue weighted by molar-refractivity contribution is 0.103. The van der Waals surface area contributed by atoms with Gasteiger partial charge in [-0.3, -0.25) is 14.6 Å². The van der Waals surface area contributed by atoms with Crippen LogP contribution in [-0.2, 0) is 4.57 Å². The van der Waals surface area contributed by atoms with Gasteiger partial charge in [-0.2, -0.15) is 0 Å². The van der Waals surface area contributed by atoms with Crippen molar-refractivity contribution in [3.63, 3.8) is 0 Å². The van der Waals surface area contributed by atoms with Crippen LogP contribution in [0.5, 0.6) is 5.75 Å². The summed E-state index contributed by atoms with van der Waals surface area (Å²) < 4.78 is 15.1. The number of rotatable bonds is 4. The molecule has 16 heavy (non-hydrogen) atoms. The SMILES string of the molecule is C=C(C)C(=O)c1ccccc1OP(=O)(O)O. The van der Waals surface area contributed by atoms with Crippen LogP contribution in [0, 0.1) is 0 Å². The van der Waals surface area contributed by atoms with Crippen LogP contribution in [0.1, 0.15) is 17.3 Å². The molecule has 0 fully saturated rings. The average molecular weight is 242 g/mol. The molecule has 1 rings (SSSR count). The molecule has 0 bridgehead atoms. The summed E-state index contributed by atoms with van der Waals surface area (Å²) in [6.07, 6.45) is 0. The highest BCUT2D eigenvalue weighted by molar-refractivity contribution is 7.46. The van der Waals surface area contributed by atoms with Crippen molar-refractivity contribution in [2.45, 2.75) is 6.92 Å². The molecule has 0 amide bonds. The third-order valence-electron chi connectivity index (χ3n) is 1.74. The second kappa shape index (κ2) is 4.61. The summed E-state index contributed by atoms with van der Waals surface area (Å²) in [4.78, 5) is 29.0. The number of ketones is 1. The van der Waals surface area contributed by atoms with Crippen LogP contribution >= 0.6 is 7.82 Å². The molecule has 0 saturated heterocycles. The van der Waals surface area contributed by atoms with Gasteiger partial charge < -0.3 is 4.52 Å². The van der Waals surface area contributed by atoms with Gasteiger partial charge in [0.25, 0.3) is 0 Å². The van der Waals surface area contributed by atoms with Gasteiger partial charge in [0.1, 0.15) is 5.75 Å². The number of allylic oxidation sites excluding steroid dienone is 1. The quantitative estimate of drug-likeness (QED) is 0.478. The van der Waals surface area contributed by atoms with Crippen LogP contribution in [0.15, 0.2) is 36.4 Å². The third kappa shape index (κ3) is 3.31. The molecule has 6 heteroatoms. The van der Waals surface area contributed by atoms with E-state index in [1.165, 1.54) is 25.1 Å². The van der Waals surface area contributed by atoms with Gasteiger partial charge in [0, 0.05) is 0 Å². The summed E-state index contributed by atoms with van der Waals surface area (Å²) >= 11 is 0. The van der Waals surface area contributed by atoms with Crippen molar-refractivity contribution in [1.82, 2.24) is 0 Å². The molecule has 1 aromatic carbocycles. The number of benzene rings is 1. The molecule has 0 aromatic heterocycles. The molecule has 0 aliphatic heterocycles. The number of carbonyl (C=O) groups is 1. The smallest absolute Gasteiger partial charge is 0.403 e. The molecule has 5 nitrogen and oxygen atoms in total. The van der Waals surface area contributed by atoms with Crippen LogP contribution in [-0.4, -0.2) is 15.6 Å². The number of Topliss-reactive ketones (excluding diaryl/α,β-unsaturated/α-hetero) is 1. The minimum atomic E-state index is -4.67. The van der Waals surface area contributed by atoms with Crippen molar-refractivity contribution in [2.24, 2.45) is 0 Å². The first-order valence-corrected chi connectivity index (χ1v) is 5.88. The van der Waals surface area contributed by atoms with Crippen LogP contribution in [0.3, 0.4) is 0 Å². The first kappa shape index (κ1) is 12.6. The van der Waals surface area contributed by atoms with Gasteiger partial charge in [-0.1, -0.05) is 18.7 Å². The van der Waals surface area contributed by atoms with Crippen molar-refractivity contribution in [2.75, 3.05) is 0 Å². The molecule has 0 atom stereocenters. The second-order valence-corrected chi connectivity index (χ2v) is 4.35. The highest BCUT2D eigenvalue weighted by Crippen LogP contribution is 2.39. The zero-order chi connectivity index (χ0) is 12.3. The van der Waals surface area contributed by atoms with Crippen LogP contribution in [0.4, 0.5) is 0 Å². The Hall–Kier alpha value is -1.42. The Kier molecular flexibility index (Phi) is 3.65. The molecule has 0 unspecified atom stereocenters. The van der Waals surface area contributed by atoms with E-state index in [0.29, 0.717) is 0 Å². The normalized spacial score (nSPS) is 10.9. The summed E-state index contributed by atoms with van der Waals surface area (Å²) in [6.45, 7) is 4.98. The maximum atomic E-state index is 11.6. The van der Waals surface area contributed by atoms with E-state index < -0.39 is 13.6 Å². The molecule has 0 radical (unpaired) electrons. The predicted octanol–water partition coefficient (Wildman–Crippen LogP) is 1.92. The topological polar surface area (TPSA) is 83.8 Å². The van der Waals surface area contributed by atoms with E-state index in [4.69, 9.17) is 9.79 Å². The summed E-state index contributed by atoms with van der Waals surface area (Å²) in [5, 5.41) is 0. The molecule has 0 heterocycles. The molecule has 0 saturated carbocycles. The van der Waals surface area contributed by atoms with Crippen molar-refractivity contribution >= 4 is 13.6 Å². The summed E-state index contributed by atoms with van der Waals surface area (Å²) in [5.74, 6) is -0.562. The van der Waals surface area contributed by atoms with E-state index in [-0.39, 0.29) is 16.9 Å². The van der Waals surface area contributed by atoms with Crippen molar-refractivity contribution < 1.29 is 23.7 Å². The van der Waals surface area contributed by atoms with Gasteiger partial charge in [-0.05, 0) is 24.6 Å². The van der Waals surface area contributed by atoms with Gasteiger partial charge in [0.2, 0.25) is 0 Å².